The first-order valence-electron chi connectivity index (χ1n) is 25.0. The van der Waals surface area contributed by atoms with Gasteiger partial charge in [-0.1, -0.05) is 59.7 Å². The number of esters is 1. The second kappa shape index (κ2) is 24.3. The third-order valence-electron chi connectivity index (χ3n) is 14.3. The van der Waals surface area contributed by atoms with Crippen LogP contribution in [0, 0.1) is 29.6 Å². The maximum Gasteiger partial charge on any atom is 0.351 e. The number of nitrogens with zero attached hydrogens (tertiary/aromatic N) is 5. The van der Waals surface area contributed by atoms with E-state index in [-0.39, 0.29) is 63.1 Å². The molecule has 71 heavy (non-hydrogen) atoms. The number of aliphatic hydroxyl groups excluding tert-OH is 1. The first-order valence-corrected chi connectivity index (χ1v) is 25.8. The fourth-order valence-electron chi connectivity index (χ4n) is 10.3. The van der Waals surface area contributed by atoms with Gasteiger partial charge in [-0.05, 0) is 110 Å². The minimum absolute atomic E-state index is 0.0316. The van der Waals surface area contributed by atoms with Gasteiger partial charge in [0.25, 0.3) is 5.67 Å². The minimum atomic E-state index is -3.21. The highest BCUT2D eigenvalue weighted by Crippen LogP contribution is 2.43. The van der Waals surface area contributed by atoms with E-state index in [1.54, 1.807) is 44.4 Å². The largest absolute Gasteiger partial charge is 0.457 e. The smallest absolute Gasteiger partial charge is 0.351 e. The van der Waals surface area contributed by atoms with Crippen LogP contribution in [0.15, 0.2) is 33.7 Å². The average Bonchev–Trinajstić information content (AvgIpc) is 3.78. The molecule has 0 saturated carbocycles. The van der Waals surface area contributed by atoms with E-state index in [1.807, 2.05) is 53.6 Å². The lowest BCUT2D eigenvalue weighted by atomic mass is 9.68. The number of anilines is 1. The van der Waals surface area contributed by atoms with Gasteiger partial charge in [-0.25, -0.2) is 24.1 Å². The molecule has 2 aromatic heterocycles. The molecule has 3 saturated heterocycles. The van der Waals surface area contributed by atoms with Crippen molar-refractivity contribution in [3.63, 3.8) is 0 Å². The Morgan fingerprint density at radius 1 is 1.10 bits per heavy atom. The molecule has 2 amide bonds. The van der Waals surface area contributed by atoms with Gasteiger partial charge < -0.3 is 49.9 Å². The number of thiazole rings is 1. The van der Waals surface area contributed by atoms with Crippen LogP contribution in [0.3, 0.4) is 0 Å². The van der Waals surface area contributed by atoms with Gasteiger partial charge in [-0.3, -0.25) is 14.4 Å². The Kier molecular flexibility index (Phi) is 19.7. The number of pyridine rings is 1. The van der Waals surface area contributed by atoms with E-state index in [0.29, 0.717) is 46.5 Å². The molecule has 2 bridgehead atoms. The summed E-state index contributed by atoms with van der Waals surface area (Å²) in [5, 5.41) is 34.2. The monoisotopic (exact) mass is 1020 g/mol. The molecule has 5 rings (SSSR count). The summed E-state index contributed by atoms with van der Waals surface area (Å²) in [6.07, 6.45) is -4.11. The fourth-order valence-corrected chi connectivity index (χ4v) is 11.1. The molecule has 0 radical (unpaired) electrons. The summed E-state index contributed by atoms with van der Waals surface area (Å²) >= 11 is 1.33. The molecule has 20 heteroatoms. The molecule has 0 aliphatic carbocycles. The van der Waals surface area contributed by atoms with Gasteiger partial charge in [-0.2, -0.15) is 0 Å². The topological polar surface area (TPSA) is 247 Å². The lowest BCUT2D eigenvalue weighted by Crippen LogP contribution is -2.61. The zero-order valence-corrected chi connectivity index (χ0v) is 44.6. The number of nitrogens with one attached hydrogen (secondary N) is 1. The number of nitrogens with two attached hydrogens (primary N) is 1. The third kappa shape index (κ3) is 13.9. The van der Waals surface area contributed by atoms with Gasteiger partial charge in [0.15, 0.2) is 18.7 Å². The Morgan fingerprint density at radius 2 is 1.80 bits per heavy atom. The molecular formula is C51H78FN7O11S. The van der Waals surface area contributed by atoms with Crippen molar-refractivity contribution in [2.45, 2.75) is 187 Å². The number of rotatable bonds is 13. The zero-order valence-electron chi connectivity index (χ0n) is 43.8. The maximum absolute atomic E-state index is 17.1. The summed E-state index contributed by atoms with van der Waals surface area (Å²) in [6.45, 7) is 18.2. The summed E-state index contributed by atoms with van der Waals surface area (Å²) in [7, 11) is 3.64. The van der Waals surface area contributed by atoms with E-state index in [9.17, 15) is 29.4 Å². The molecule has 396 valence electrons. The Bertz CT molecular complexity index is 2240. The van der Waals surface area contributed by atoms with E-state index in [4.69, 9.17) is 34.5 Å². The molecule has 18 nitrogen and oxygen atoms in total. The fraction of sp³-hybridized carbons (Fsp3) is 0.725. The van der Waals surface area contributed by atoms with Crippen LogP contribution >= 0.6 is 11.3 Å². The Morgan fingerprint density at radius 3 is 2.45 bits per heavy atom. The van der Waals surface area contributed by atoms with E-state index < -0.39 is 95.1 Å². The maximum atomic E-state index is 17.1. The Hall–Kier alpha value is -4.15. The number of ketones is 1. The predicted molar refractivity (Wildman–Crippen MR) is 268 cm³/mol. The van der Waals surface area contributed by atoms with Gasteiger partial charge >= 0.3 is 5.97 Å². The summed E-state index contributed by atoms with van der Waals surface area (Å²) in [6, 6.07) is 4.12. The number of aliphatic imine (C=N–C) groups is 1. The van der Waals surface area contributed by atoms with Crippen molar-refractivity contribution in [2.24, 2.45) is 45.5 Å². The summed E-state index contributed by atoms with van der Waals surface area (Å²) in [4.78, 5) is 76.5. The predicted octanol–water partition coefficient (Wildman–Crippen LogP) is 6.45. The molecule has 0 spiro atoms. The number of hydrogen-bond donors (Lipinski definition) is 4. The summed E-state index contributed by atoms with van der Waals surface area (Å²) in [5.41, 5.74) is 1.35. The number of Topliss-reactive ketones (excluding diaryl/α,β-unsaturated/α-hetero) is 1. The number of alkyl halides is 1. The zero-order chi connectivity index (χ0) is 52.7. The second-order valence-corrected chi connectivity index (χ2v) is 21.8. The number of carbonyl (C=O) groups is 4. The Labute approximate surface area is 422 Å². The van der Waals surface area contributed by atoms with E-state index in [0.717, 1.165) is 6.92 Å². The van der Waals surface area contributed by atoms with Gasteiger partial charge in [0.05, 0.1) is 41.9 Å². The number of halogens is 1. The number of likely N-dealkylation sites (N-methyl/N-ethyl adjacent to an activating group) is 1. The summed E-state index contributed by atoms with van der Waals surface area (Å²) in [5.74, 6) is -6.23. The lowest BCUT2D eigenvalue weighted by molar-refractivity contribution is -0.296. The molecule has 14 atom stereocenters. The van der Waals surface area contributed by atoms with Crippen LogP contribution in [-0.2, 0) is 49.6 Å². The molecular weight excluding hydrogens is 938 g/mol. The molecule has 3 fully saturated rings. The van der Waals surface area contributed by atoms with Crippen molar-refractivity contribution >= 4 is 52.1 Å². The number of cyclic esters (lactones) is 1. The van der Waals surface area contributed by atoms with E-state index >= 15 is 4.39 Å². The minimum Gasteiger partial charge on any atom is -0.457 e. The van der Waals surface area contributed by atoms with Crippen LogP contribution in [0.1, 0.15) is 127 Å². The first-order chi connectivity index (χ1) is 33.2. The summed E-state index contributed by atoms with van der Waals surface area (Å²) < 4.78 is 42.8. The van der Waals surface area contributed by atoms with Crippen molar-refractivity contribution < 1.29 is 57.6 Å². The van der Waals surface area contributed by atoms with Crippen LogP contribution in [0.2, 0.25) is 0 Å². The van der Waals surface area contributed by atoms with Gasteiger partial charge in [0.1, 0.15) is 34.3 Å². The molecule has 5 heterocycles. The lowest BCUT2D eigenvalue weighted by Gasteiger charge is -2.48. The number of oxime groups is 1. The molecule has 3 aliphatic heterocycles. The molecule has 3 aliphatic rings. The van der Waals surface area contributed by atoms with E-state index in [2.05, 4.69) is 20.4 Å². The van der Waals surface area contributed by atoms with Crippen LogP contribution < -0.4 is 11.1 Å². The normalized spacial score (nSPS) is 35.1. The number of ether oxygens (including phenoxy) is 4. The highest BCUT2D eigenvalue weighted by Gasteiger charge is 2.56. The number of amides is 2. The highest BCUT2D eigenvalue weighted by molar-refractivity contribution is 7.13. The van der Waals surface area contributed by atoms with Gasteiger partial charge in [0, 0.05) is 35.4 Å². The van der Waals surface area contributed by atoms with Crippen LogP contribution in [0.5, 0.6) is 0 Å². The van der Waals surface area contributed by atoms with E-state index in [1.165, 1.54) is 25.2 Å². The molecule has 5 N–H and O–H groups in total. The molecule has 0 aromatic carbocycles. The highest BCUT2D eigenvalue weighted by atomic mass is 32.1. The van der Waals surface area contributed by atoms with Crippen LogP contribution in [-0.4, -0.2) is 140 Å². The van der Waals surface area contributed by atoms with Crippen molar-refractivity contribution in [3.8, 4) is 10.7 Å². The molecule has 2 aromatic rings. The number of aromatic nitrogens is 2. The quantitative estimate of drug-likeness (QED) is 0.0957. The van der Waals surface area contributed by atoms with Crippen molar-refractivity contribution in [1.29, 1.82) is 0 Å². The van der Waals surface area contributed by atoms with Crippen LogP contribution in [0.4, 0.5) is 10.2 Å². The third-order valence-corrected chi connectivity index (χ3v) is 15.2. The number of fused-ring (bicyclic) bond motifs is 5. The van der Waals surface area contributed by atoms with Crippen molar-refractivity contribution in [1.82, 2.24) is 14.9 Å². The van der Waals surface area contributed by atoms with Gasteiger partial charge in [-0.15, -0.1) is 11.3 Å². The Balaban J connectivity index is 1.59. The SMILES string of the molecule is CCC(=O)N=C1[C@H](C)C[C@@]2(C)OC/C(=N/OCc3csc(-c4cccc(NC(=O)[C@@H](N)CC(C)C)n4)n3)CC[C@H]([C@H]1C)[C@](C)(O)[C@@H](CC)OC(=O)[C@@](C)(F)C(=O)[C@H](C)[C@H]2O[C@@H]1O[C@H](C)C[C@H](N(C)C)[C@H]1O. The molecule has 0 unspecified atom stereocenters. The standard InChI is InChI=1S/C51H78FN7O11S/c1-14-38-51(11,65)34-20-19-32(58-67-25-33-26-71-46(54-33)36-17-16-18-39(55-36)56-45(63)35(53)21-27(3)4)24-66-49(9,23-28(5)41(30(34)7)57-40(60)15-2)44(31(8)43(62)50(10,52)48(64)69-38)70-47-42(61)37(59(12)13)22-29(6)68-47/h16-18,26-31,34-35,37-38,42,44,47,61,65H,14-15,19-25,53H2,1-13H3,(H,55,56,63)/b57-41?,58-32+/t28-,29-,30-,31+,34-,35+,37+,38-,42-,44-,47+,49-,50+,51+/m1/s1. The second-order valence-electron chi connectivity index (χ2n) is 20.9. The first kappa shape index (κ1) is 57.7. The average molecular weight is 1020 g/mol. The van der Waals surface area contributed by atoms with Crippen LogP contribution in [0.25, 0.3) is 10.7 Å². The number of carbonyl (C=O) groups excluding carboxylic acids is 4. The van der Waals surface area contributed by atoms with Crippen molar-refractivity contribution in [3.05, 3.63) is 29.3 Å². The number of aliphatic hydroxyl groups is 2. The van der Waals surface area contributed by atoms with Crippen molar-refractivity contribution in [2.75, 3.05) is 26.0 Å². The number of hydrogen-bond acceptors (Lipinski definition) is 17. The van der Waals surface area contributed by atoms with Gasteiger partial charge in [0.2, 0.25) is 11.8 Å².